The highest BCUT2D eigenvalue weighted by Gasteiger charge is 2.21. The smallest absolute Gasteiger partial charge is 0.203 e. The number of aromatic nitrogens is 3. The molecule has 0 saturated carbocycles. The highest BCUT2D eigenvalue weighted by atomic mass is 16.3. The Labute approximate surface area is 111 Å². The lowest BCUT2D eigenvalue weighted by atomic mass is 10.3. The Kier molecular flexibility index (Phi) is 3.05. The van der Waals surface area contributed by atoms with Gasteiger partial charge in [0.05, 0.1) is 12.6 Å². The molecule has 1 aliphatic heterocycles. The molecular weight excluding hydrogens is 242 g/mol. The predicted molar refractivity (Wildman–Crippen MR) is 67.0 cm³/mol. The third-order valence-electron chi connectivity index (χ3n) is 3.38. The Morgan fingerprint density at radius 3 is 3.21 bits per heavy atom. The molecule has 6 nitrogen and oxygen atoms in total. The number of nitriles is 1. The van der Waals surface area contributed by atoms with Crippen LogP contribution in [-0.4, -0.2) is 14.8 Å². The van der Waals surface area contributed by atoms with Gasteiger partial charge in [0, 0.05) is 13.0 Å². The molecule has 3 rings (SSSR count). The summed E-state index contributed by atoms with van der Waals surface area (Å²) in [4.78, 5) is 0. The van der Waals surface area contributed by atoms with Crippen molar-refractivity contribution in [3.63, 3.8) is 0 Å². The molecule has 0 aromatic carbocycles. The lowest BCUT2D eigenvalue weighted by Crippen LogP contribution is -2.21. The number of hydrogen-bond acceptors (Lipinski definition) is 5. The van der Waals surface area contributed by atoms with Crippen molar-refractivity contribution < 1.29 is 4.42 Å². The lowest BCUT2D eigenvalue weighted by molar-refractivity contribution is 0.440. The molecule has 0 amide bonds. The fourth-order valence-corrected chi connectivity index (χ4v) is 2.37. The van der Waals surface area contributed by atoms with Crippen LogP contribution in [0.15, 0.2) is 16.5 Å². The van der Waals surface area contributed by atoms with E-state index in [0.717, 1.165) is 36.8 Å². The number of aryl methyl sites for hydroxylation is 1. The molecule has 0 fully saturated rings. The van der Waals surface area contributed by atoms with Gasteiger partial charge in [-0.05, 0) is 25.5 Å². The fourth-order valence-electron chi connectivity index (χ4n) is 2.37. The van der Waals surface area contributed by atoms with E-state index in [0.29, 0.717) is 12.3 Å². The zero-order chi connectivity index (χ0) is 13.2. The number of nitrogens with one attached hydrogen (secondary N) is 1. The van der Waals surface area contributed by atoms with Gasteiger partial charge in [-0.3, -0.25) is 0 Å². The van der Waals surface area contributed by atoms with Crippen LogP contribution >= 0.6 is 0 Å². The van der Waals surface area contributed by atoms with Gasteiger partial charge in [-0.25, -0.2) is 0 Å². The van der Waals surface area contributed by atoms with Crippen LogP contribution in [0.3, 0.4) is 0 Å². The van der Waals surface area contributed by atoms with Crippen molar-refractivity contribution in [1.82, 2.24) is 20.1 Å². The third-order valence-corrected chi connectivity index (χ3v) is 3.38. The van der Waals surface area contributed by atoms with E-state index in [-0.39, 0.29) is 6.04 Å². The second-order valence-corrected chi connectivity index (χ2v) is 4.71. The van der Waals surface area contributed by atoms with E-state index in [1.165, 1.54) is 0 Å². The Balaban J connectivity index is 1.65. The largest absolute Gasteiger partial charge is 0.449 e. The van der Waals surface area contributed by atoms with E-state index in [4.69, 9.17) is 9.68 Å². The monoisotopic (exact) mass is 257 g/mol. The average molecular weight is 257 g/mol. The molecule has 19 heavy (non-hydrogen) atoms. The number of rotatable bonds is 4. The van der Waals surface area contributed by atoms with E-state index in [1.807, 2.05) is 12.1 Å². The zero-order valence-electron chi connectivity index (χ0n) is 10.8. The molecule has 2 aromatic heterocycles. The molecule has 0 radical (unpaired) electrons. The van der Waals surface area contributed by atoms with Crippen molar-refractivity contribution in [1.29, 1.82) is 5.26 Å². The SMILES string of the molecule is CC(NCc1ccc(C#N)o1)c1nnc2n1CCC2. The van der Waals surface area contributed by atoms with Gasteiger partial charge in [0.2, 0.25) is 5.76 Å². The van der Waals surface area contributed by atoms with Crippen molar-refractivity contribution in [2.45, 2.75) is 38.9 Å². The molecule has 2 aromatic rings. The quantitative estimate of drug-likeness (QED) is 0.898. The summed E-state index contributed by atoms with van der Waals surface area (Å²) in [5.74, 6) is 3.14. The fraction of sp³-hybridized carbons (Fsp3) is 0.462. The first-order valence-electron chi connectivity index (χ1n) is 6.42. The van der Waals surface area contributed by atoms with Crippen LogP contribution in [0.4, 0.5) is 0 Å². The molecule has 1 N–H and O–H groups in total. The van der Waals surface area contributed by atoms with Crippen LogP contribution in [0.2, 0.25) is 0 Å². The van der Waals surface area contributed by atoms with Gasteiger partial charge in [-0.1, -0.05) is 0 Å². The minimum absolute atomic E-state index is 0.106. The highest BCUT2D eigenvalue weighted by Crippen LogP contribution is 2.19. The molecular formula is C13H15N5O. The summed E-state index contributed by atoms with van der Waals surface area (Å²) in [6, 6.07) is 5.57. The minimum Gasteiger partial charge on any atom is -0.449 e. The van der Waals surface area contributed by atoms with Crippen molar-refractivity contribution in [3.05, 3.63) is 35.3 Å². The first kappa shape index (κ1) is 11.9. The molecule has 0 bridgehead atoms. The van der Waals surface area contributed by atoms with Gasteiger partial charge in [0.1, 0.15) is 23.5 Å². The molecule has 3 heterocycles. The van der Waals surface area contributed by atoms with Crippen LogP contribution in [0.1, 0.15) is 42.6 Å². The Morgan fingerprint density at radius 1 is 1.53 bits per heavy atom. The number of fused-ring (bicyclic) bond motifs is 1. The van der Waals surface area contributed by atoms with Crippen LogP contribution < -0.4 is 5.32 Å². The van der Waals surface area contributed by atoms with Gasteiger partial charge in [0.15, 0.2) is 0 Å². The third kappa shape index (κ3) is 2.25. The summed E-state index contributed by atoms with van der Waals surface area (Å²) in [6.07, 6.45) is 2.16. The van der Waals surface area contributed by atoms with Gasteiger partial charge >= 0.3 is 0 Å². The summed E-state index contributed by atoms with van der Waals surface area (Å²) in [6.45, 7) is 3.64. The number of furan rings is 1. The van der Waals surface area contributed by atoms with Crippen molar-refractivity contribution >= 4 is 0 Å². The molecule has 1 aliphatic rings. The molecule has 0 saturated heterocycles. The van der Waals surface area contributed by atoms with Crippen LogP contribution in [0, 0.1) is 11.3 Å². The van der Waals surface area contributed by atoms with Gasteiger partial charge in [-0.2, -0.15) is 5.26 Å². The van der Waals surface area contributed by atoms with E-state index in [2.05, 4.69) is 27.0 Å². The first-order chi connectivity index (χ1) is 9.28. The average Bonchev–Trinajstić information content (AvgIpc) is 3.11. The number of hydrogen-bond donors (Lipinski definition) is 1. The maximum absolute atomic E-state index is 8.70. The highest BCUT2D eigenvalue weighted by molar-refractivity contribution is 5.19. The molecule has 0 aliphatic carbocycles. The molecule has 1 unspecified atom stereocenters. The molecule has 0 spiro atoms. The second-order valence-electron chi connectivity index (χ2n) is 4.71. The molecule has 6 heteroatoms. The second kappa shape index (κ2) is 4.86. The van der Waals surface area contributed by atoms with Gasteiger partial charge < -0.3 is 14.3 Å². The van der Waals surface area contributed by atoms with Gasteiger partial charge in [-0.15, -0.1) is 10.2 Å². The van der Waals surface area contributed by atoms with Crippen LogP contribution in [-0.2, 0) is 19.5 Å². The maximum Gasteiger partial charge on any atom is 0.203 e. The summed E-state index contributed by atoms with van der Waals surface area (Å²) in [5, 5.41) is 20.5. The first-order valence-corrected chi connectivity index (χ1v) is 6.42. The summed E-state index contributed by atoms with van der Waals surface area (Å²) >= 11 is 0. The standard InChI is InChI=1S/C13H15N5O/c1-9(13-17-16-12-3-2-6-18(12)13)15-8-11-5-4-10(7-14)19-11/h4-5,9,15H,2-3,6,8H2,1H3. The zero-order valence-corrected chi connectivity index (χ0v) is 10.8. The van der Waals surface area contributed by atoms with Crippen molar-refractivity contribution in [3.8, 4) is 6.07 Å². The van der Waals surface area contributed by atoms with Crippen LogP contribution in [0.5, 0.6) is 0 Å². The molecule has 98 valence electrons. The van der Waals surface area contributed by atoms with Crippen molar-refractivity contribution in [2.75, 3.05) is 0 Å². The Hall–Kier alpha value is -2.13. The summed E-state index contributed by atoms with van der Waals surface area (Å²) in [7, 11) is 0. The van der Waals surface area contributed by atoms with E-state index in [1.54, 1.807) is 6.07 Å². The van der Waals surface area contributed by atoms with E-state index < -0.39 is 0 Å². The van der Waals surface area contributed by atoms with Crippen molar-refractivity contribution in [2.24, 2.45) is 0 Å². The van der Waals surface area contributed by atoms with Gasteiger partial charge in [0.25, 0.3) is 0 Å². The van der Waals surface area contributed by atoms with E-state index in [9.17, 15) is 0 Å². The topological polar surface area (TPSA) is 79.7 Å². The Morgan fingerprint density at radius 2 is 2.42 bits per heavy atom. The minimum atomic E-state index is 0.106. The summed E-state index contributed by atoms with van der Waals surface area (Å²) in [5.41, 5.74) is 0. The van der Waals surface area contributed by atoms with E-state index >= 15 is 0 Å². The lowest BCUT2D eigenvalue weighted by Gasteiger charge is -2.12. The summed E-state index contributed by atoms with van der Waals surface area (Å²) < 4.78 is 7.51. The van der Waals surface area contributed by atoms with Crippen LogP contribution in [0.25, 0.3) is 0 Å². The Bertz CT molecular complexity index is 621. The molecule has 1 atom stereocenters. The normalized spacial score (nSPS) is 15.2. The number of nitrogens with zero attached hydrogens (tertiary/aromatic N) is 4. The predicted octanol–water partition coefficient (Wildman–Crippen LogP) is 1.54. The maximum atomic E-state index is 8.70.